The second kappa shape index (κ2) is 13.2. The number of nitrogens with one attached hydrogen (secondary N) is 1. The summed E-state index contributed by atoms with van der Waals surface area (Å²) in [4.78, 5) is 39.9. The summed E-state index contributed by atoms with van der Waals surface area (Å²) >= 11 is 0. The number of amides is 3. The van der Waals surface area contributed by atoms with E-state index in [-0.39, 0.29) is 31.5 Å². The predicted molar refractivity (Wildman–Crippen MR) is 143 cm³/mol. The van der Waals surface area contributed by atoms with Crippen molar-refractivity contribution < 1.29 is 28.6 Å². The lowest BCUT2D eigenvalue weighted by Gasteiger charge is -2.38. The fourth-order valence-corrected chi connectivity index (χ4v) is 4.30. The molecule has 2 aromatic carbocycles. The Balaban J connectivity index is 1.71. The monoisotopic (exact) mass is 525 g/mol. The maximum atomic E-state index is 13.5. The van der Waals surface area contributed by atoms with Crippen LogP contribution in [0.4, 0.5) is 9.59 Å². The maximum absolute atomic E-state index is 13.5. The SMILES string of the molecule is COc1ccc([C@@H](C2CC2)N(C(=O)OC(C)(C)C)[C@H](CCCNC(=O)OCc2ccccc2)C(N)=O)cc1. The van der Waals surface area contributed by atoms with E-state index in [9.17, 15) is 14.4 Å². The number of carbonyl (C=O) groups excluding carboxylic acids is 3. The number of methoxy groups -OCH3 is 1. The Bertz CT molecular complexity index is 1060. The van der Waals surface area contributed by atoms with E-state index in [4.69, 9.17) is 19.9 Å². The van der Waals surface area contributed by atoms with E-state index in [0.29, 0.717) is 12.2 Å². The zero-order valence-corrected chi connectivity index (χ0v) is 22.6. The summed E-state index contributed by atoms with van der Waals surface area (Å²) < 4.78 is 16.3. The number of rotatable bonds is 12. The highest BCUT2D eigenvalue weighted by Gasteiger charge is 2.44. The van der Waals surface area contributed by atoms with Gasteiger partial charge in [-0.15, -0.1) is 0 Å². The first-order valence-electron chi connectivity index (χ1n) is 13.0. The van der Waals surface area contributed by atoms with E-state index in [0.717, 1.165) is 24.0 Å². The number of hydrogen-bond acceptors (Lipinski definition) is 6. The molecule has 3 N–H and O–H groups in total. The number of nitrogens with zero attached hydrogens (tertiary/aromatic N) is 1. The first kappa shape index (κ1) is 28.8. The highest BCUT2D eigenvalue weighted by Crippen LogP contribution is 2.46. The van der Waals surface area contributed by atoms with Gasteiger partial charge in [0.05, 0.1) is 13.2 Å². The highest BCUT2D eigenvalue weighted by molar-refractivity contribution is 5.84. The van der Waals surface area contributed by atoms with Crippen LogP contribution in [0.5, 0.6) is 5.75 Å². The van der Waals surface area contributed by atoms with Gasteiger partial charge < -0.3 is 25.3 Å². The zero-order chi connectivity index (χ0) is 27.7. The highest BCUT2D eigenvalue weighted by atomic mass is 16.6. The largest absolute Gasteiger partial charge is 0.497 e. The molecule has 0 aromatic heterocycles. The van der Waals surface area contributed by atoms with Crippen molar-refractivity contribution in [3.63, 3.8) is 0 Å². The molecule has 1 aliphatic carbocycles. The average molecular weight is 526 g/mol. The van der Waals surface area contributed by atoms with Crippen LogP contribution in [0.2, 0.25) is 0 Å². The third kappa shape index (κ3) is 8.68. The van der Waals surface area contributed by atoms with Crippen LogP contribution in [0.15, 0.2) is 54.6 Å². The van der Waals surface area contributed by atoms with Crippen LogP contribution in [0.1, 0.15) is 63.6 Å². The van der Waals surface area contributed by atoms with Crippen LogP contribution in [0.25, 0.3) is 0 Å². The third-order valence-corrected chi connectivity index (χ3v) is 6.23. The Morgan fingerprint density at radius 1 is 1.05 bits per heavy atom. The molecule has 9 heteroatoms. The fraction of sp³-hybridized carbons (Fsp3) is 0.483. The first-order chi connectivity index (χ1) is 18.1. The Morgan fingerprint density at radius 3 is 2.26 bits per heavy atom. The van der Waals surface area contributed by atoms with Crippen LogP contribution < -0.4 is 15.8 Å². The molecule has 206 valence electrons. The van der Waals surface area contributed by atoms with Crippen LogP contribution >= 0.6 is 0 Å². The molecule has 38 heavy (non-hydrogen) atoms. The summed E-state index contributed by atoms with van der Waals surface area (Å²) in [6.07, 6.45) is 1.37. The quantitative estimate of drug-likeness (QED) is 0.379. The third-order valence-electron chi connectivity index (χ3n) is 6.23. The zero-order valence-electron chi connectivity index (χ0n) is 22.6. The number of carbonyl (C=O) groups is 3. The molecule has 9 nitrogen and oxygen atoms in total. The molecule has 1 saturated carbocycles. The van der Waals surface area contributed by atoms with Crippen molar-refractivity contribution >= 4 is 18.1 Å². The lowest BCUT2D eigenvalue weighted by Crippen LogP contribution is -2.51. The van der Waals surface area contributed by atoms with E-state index in [1.54, 1.807) is 27.9 Å². The van der Waals surface area contributed by atoms with Gasteiger partial charge in [0.1, 0.15) is 24.0 Å². The second-order valence-electron chi connectivity index (χ2n) is 10.5. The van der Waals surface area contributed by atoms with Crippen molar-refractivity contribution in [2.45, 2.75) is 70.7 Å². The molecule has 0 unspecified atom stereocenters. The number of benzene rings is 2. The summed E-state index contributed by atoms with van der Waals surface area (Å²) in [6, 6.07) is 15.6. The van der Waals surface area contributed by atoms with Gasteiger partial charge in [0.15, 0.2) is 0 Å². The molecule has 0 radical (unpaired) electrons. The second-order valence-corrected chi connectivity index (χ2v) is 10.5. The minimum Gasteiger partial charge on any atom is -0.497 e. The number of hydrogen-bond donors (Lipinski definition) is 2. The van der Waals surface area contributed by atoms with E-state index in [2.05, 4.69) is 5.32 Å². The lowest BCUT2D eigenvalue weighted by molar-refractivity contribution is -0.124. The Hall–Kier alpha value is -3.75. The maximum Gasteiger partial charge on any atom is 0.411 e. The topological polar surface area (TPSA) is 120 Å². The van der Waals surface area contributed by atoms with Crippen molar-refractivity contribution in [2.24, 2.45) is 11.7 Å². The standard InChI is InChI=1S/C29H39N3O6/c1-29(2,3)38-28(35)32(25(21-12-13-21)22-14-16-23(36-4)17-15-22)24(26(30)33)11-8-18-31-27(34)37-19-20-9-6-5-7-10-20/h5-7,9-10,14-17,21,24-25H,8,11-13,18-19H2,1-4H3,(H2,30,33)(H,31,34)/t24-,25-/m1/s1. The fourth-order valence-electron chi connectivity index (χ4n) is 4.30. The van der Waals surface area contributed by atoms with E-state index in [1.807, 2.05) is 54.6 Å². The van der Waals surface area contributed by atoms with Crippen molar-refractivity contribution in [2.75, 3.05) is 13.7 Å². The van der Waals surface area contributed by atoms with Gasteiger partial charge in [0.25, 0.3) is 0 Å². The summed E-state index contributed by atoms with van der Waals surface area (Å²) in [5.41, 5.74) is 6.87. The average Bonchev–Trinajstić information content (AvgIpc) is 3.71. The molecule has 0 spiro atoms. The number of nitrogens with two attached hydrogens (primary N) is 1. The van der Waals surface area contributed by atoms with Crippen molar-refractivity contribution in [1.29, 1.82) is 0 Å². The van der Waals surface area contributed by atoms with Crippen molar-refractivity contribution in [3.8, 4) is 5.75 Å². The van der Waals surface area contributed by atoms with Crippen LogP contribution in [-0.2, 0) is 20.9 Å². The number of ether oxygens (including phenoxy) is 3. The molecule has 0 aliphatic heterocycles. The molecule has 1 fully saturated rings. The molecule has 3 rings (SSSR count). The molecule has 3 amide bonds. The van der Waals surface area contributed by atoms with Crippen molar-refractivity contribution in [1.82, 2.24) is 10.2 Å². The normalized spacial score (nSPS) is 14.6. The van der Waals surface area contributed by atoms with E-state index >= 15 is 0 Å². The molecule has 0 saturated heterocycles. The van der Waals surface area contributed by atoms with E-state index < -0.39 is 29.7 Å². The van der Waals surface area contributed by atoms with Gasteiger partial charge in [-0.25, -0.2) is 9.59 Å². The Kier molecular flexibility index (Phi) is 9.98. The van der Waals surface area contributed by atoms with Gasteiger partial charge in [-0.05, 0) is 75.6 Å². The Labute approximate surface area is 224 Å². The van der Waals surface area contributed by atoms with Gasteiger partial charge >= 0.3 is 12.2 Å². The van der Waals surface area contributed by atoms with Crippen molar-refractivity contribution in [3.05, 3.63) is 65.7 Å². The van der Waals surface area contributed by atoms with Crippen LogP contribution in [-0.4, -0.2) is 48.3 Å². The summed E-state index contributed by atoms with van der Waals surface area (Å²) in [5, 5.41) is 2.70. The van der Waals surface area contributed by atoms with Gasteiger partial charge in [-0.1, -0.05) is 42.5 Å². The minimum atomic E-state index is -0.917. The summed E-state index contributed by atoms with van der Waals surface area (Å²) in [7, 11) is 1.59. The summed E-state index contributed by atoms with van der Waals surface area (Å²) in [6.45, 7) is 5.77. The molecule has 0 heterocycles. The van der Waals surface area contributed by atoms with Gasteiger partial charge in [0, 0.05) is 6.54 Å². The Morgan fingerprint density at radius 2 is 1.71 bits per heavy atom. The lowest BCUT2D eigenvalue weighted by atomic mass is 9.97. The molecular formula is C29H39N3O6. The van der Waals surface area contributed by atoms with Gasteiger partial charge in [0.2, 0.25) is 5.91 Å². The molecule has 2 aromatic rings. The molecule has 2 atom stereocenters. The van der Waals surface area contributed by atoms with Gasteiger partial charge in [-0.3, -0.25) is 9.69 Å². The first-order valence-corrected chi connectivity index (χ1v) is 13.0. The molecule has 1 aliphatic rings. The molecule has 0 bridgehead atoms. The van der Waals surface area contributed by atoms with Crippen LogP contribution in [0, 0.1) is 5.92 Å². The van der Waals surface area contributed by atoms with E-state index in [1.165, 1.54) is 4.90 Å². The number of primary amides is 1. The minimum absolute atomic E-state index is 0.161. The van der Waals surface area contributed by atoms with Gasteiger partial charge in [-0.2, -0.15) is 0 Å². The number of alkyl carbamates (subject to hydrolysis) is 1. The molecular weight excluding hydrogens is 486 g/mol. The van der Waals surface area contributed by atoms with Crippen LogP contribution in [0.3, 0.4) is 0 Å². The predicted octanol–water partition coefficient (Wildman–Crippen LogP) is 4.94. The smallest absolute Gasteiger partial charge is 0.411 e. The summed E-state index contributed by atoms with van der Waals surface area (Å²) in [5.74, 6) is 0.259.